The van der Waals surface area contributed by atoms with E-state index in [4.69, 9.17) is 0 Å². The Labute approximate surface area is 180 Å². The highest BCUT2D eigenvalue weighted by Crippen LogP contribution is 2.16. The summed E-state index contributed by atoms with van der Waals surface area (Å²) < 4.78 is 2.00. The molecule has 2 aromatic rings. The molecule has 0 unspecified atom stereocenters. The minimum atomic E-state index is 0. The van der Waals surface area contributed by atoms with Gasteiger partial charge in [0.25, 0.3) is 0 Å². The van der Waals surface area contributed by atoms with Crippen LogP contribution in [0.3, 0.4) is 0 Å². The highest BCUT2D eigenvalue weighted by molar-refractivity contribution is 14.0. The summed E-state index contributed by atoms with van der Waals surface area (Å²) in [5.74, 6) is 0.795. The van der Waals surface area contributed by atoms with Gasteiger partial charge in [0.05, 0.1) is 11.4 Å². The van der Waals surface area contributed by atoms with E-state index in [0.29, 0.717) is 6.54 Å². The van der Waals surface area contributed by atoms with E-state index in [-0.39, 0.29) is 29.5 Å². The number of nitrogens with one attached hydrogen (secondary N) is 3. The normalized spacial score (nSPS) is 11.9. The van der Waals surface area contributed by atoms with Crippen molar-refractivity contribution in [1.82, 2.24) is 25.7 Å². The molecule has 1 aromatic heterocycles. The molecule has 0 aliphatic heterocycles. The fourth-order valence-electron chi connectivity index (χ4n) is 2.76. The van der Waals surface area contributed by atoms with Gasteiger partial charge >= 0.3 is 0 Å². The first-order chi connectivity index (χ1) is 12.3. The van der Waals surface area contributed by atoms with Crippen LogP contribution in [0.4, 0.5) is 0 Å². The first kappa shape index (κ1) is 23.4. The summed E-state index contributed by atoms with van der Waals surface area (Å²) in [5.41, 5.74) is 4.54. The zero-order valence-electron chi connectivity index (χ0n) is 17.3. The maximum atomic E-state index is 4.61. The van der Waals surface area contributed by atoms with Gasteiger partial charge in [-0.3, -0.25) is 4.99 Å². The molecule has 3 N–H and O–H groups in total. The average molecular weight is 484 g/mol. The molecule has 0 fully saturated rings. The molecule has 0 saturated carbocycles. The lowest BCUT2D eigenvalue weighted by Crippen LogP contribution is -2.44. The number of aromatic nitrogens is 2. The van der Waals surface area contributed by atoms with Crippen molar-refractivity contribution in [3.8, 4) is 5.69 Å². The molecule has 0 radical (unpaired) electrons. The van der Waals surface area contributed by atoms with E-state index in [9.17, 15) is 0 Å². The van der Waals surface area contributed by atoms with Crippen LogP contribution < -0.4 is 16.0 Å². The van der Waals surface area contributed by atoms with E-state index < -0.39 is 0 Å². The van der Waals surface area contributed by atoms with Gasteiger partial charge in [-0.05, 0) is 52.3 Å². The summed E-state index contributed by atoms with van der Waals surface area (Å²) in [7, 11) is 1.79. The third-order valence-electron chi connectivity index (χ3n) is 3.97. The molecule has 0 amide bonds. The van der Waals surface area contributed by atoms with Crippen LogP contribution in [0.15, 0.2) is 35.3 Å². The summed E-state index contributed by atoms with van der Waals surface area (Å²) in [6.45, 7) is 13.0. The lowest BCUT2D eigenvalue weighted by molar-refractivity contribution is 0.428. The molecule has 27 heavy (non-hydrogen) atoms. The summed E-state index contributed by atoms with van der Waals surface area (Å²) in [6, 6.07) is 10.4. The number of rotatable bonds is 6. The van der Waals surface area contributed by atoms with Crippen molar-refractivity contribution >= 4 is 29.9 Å². The second-order valence-corrected chi connectivity index (χ2v) is 7.50. The fourth-order valence-corrected chi connectivity index (χ4v) is 2.76. The Morgan fingerprint density at radius 3 is 2.41 bits per heavy atom. The number of hydrogen-bond acceptors (Lipinski definition) is 3. The Bertz CT molecular complexity index is 745. The number of guanidine groups is 1. The number of aliphatic imine (C=N–C) groups is 1. The predicted molar refractivity (Wildman–Crippen MR) is 124 cm³/mol. The number of hydrogen-bond donors (Lipinski definition) is 3. The number of benzene rings is 1. The molecular weight excluding hydrogens is 451 g/mol. The van der Waals surface area contributed by atoms with Crippen molar-refractivity contribution < 1.29 is 0 Å². The molecule has 6 nitrogen and oxygen atoms in total. The second-order valence-electron chi connectivity index (χ2n) is 7.50. The van der Waals surface area contributed by atoms with Gasteiger partial charge in [0, 0.05) is 37.9 Å². The summed E-state index contributed by atoms with van der Waals surface area (Å²) in [5, 5.41) is 14.8. The topological polar surface area (TPSA) is 66.3 Å². The van der Waals surface area contributed by atoms with Crippen LogP contribution in [0, 0.1) is 13.8 Å². The molecule has 0 aliphatic carbocycles. The molecule has 1 aromatic carbocycles. The molecule has 0 spiro atoms. The Morgan fingerprint density at radius 2 is 1.81 bits per heavy atom. The maximum absolute atomic E-state index is 4.61. The van der Waals surface area contributed by atoms with E-state index in [1.54, 1.807) is 7.05 Å². The van der Waals surface area contributed by atoms with Gasteiger partial charge in [0.15, 0.2) is 5.96 Å². The molecule has 0 atom stereocenters. The maximum Gasteiger partial charge on any atom is 0.191 e. The standard InChI is InChI=1S/C20H32N6.HI/c1-15-13-16(2)26(25-15)18-10-8-7-9-17(18)14-23-19(21-6)22-11-12-24-20(3,4)5;/h7-10,13,24H,11-12,14H2,1-6H3,(H2,21,22,23);1H. The van der Waals surface area contributed by atoms with Crippen LogP contribution in [0.2, 0.25) is 0 Å². The number of halogens is 1. The van der Waals surface area contributed by atoms with Gasteiger partial charge in [0.2, 0.25) is 0 Å². The molecule has 1 heterocycles. The quantitative estimate of drug-likeness (QED) is 0.255. The SMILES string of the molecule is CN=C(NCCNC(C)(C)C)NCc1ccccc1-n1nc(C)cc1C.I. The molecule has 2 rings (SSSR count). The molecule has 0 aliphatic rings. The van der Waals surface area contributed by atoms with Gasteiger partial charge in [-0.15, -0.1) is 24.0 Å². The fraction of sp³-hybridized carbons (Fsp3) is 0.500. The Hall–Kier alpha value is -1.61. The summed E-state index contributed by atoms with van der Waals surface area (Å²) in [6.07, 6.45) is 0. The van der Waals surface area contributed by atoms with Gasteiger partial charge in [-0.25, -0.2) is 4.68 Å². The zero-order valence-corrected chi connectivity index (χ0v) is 19.6. The molecule has 150 valence electrons. The molecule has 7 heteroatoms. The van der Waals surface area contributed by atoms with Crippen molar-refractivity contribution in [3.05, 3.63) is 47.3 Å². The van der Waals surface area contributed by atoms with Gasteiger partial charge < -0.3 is 16.0 Å². The summed E-state index contributed by atoms with van der Waals surface area (Å²) >= 11 is 0. The van der Waals surface area contributed by atoms with Crippen molar-refractivity contribution in [2.45, 2.75) is 46.7 Å². The van der Waals surface area contributed by atoms with Crippen LogP contribution in [0.5, 0.6) is 0 Å². The van der Waals surface area contributed by atoms with Crippen LogP contribution in [0.1, 0.15) is 37.7 Å². The van der Waals surface area contributed by atoms with E-state index in [0.717, 1.165) is 36.1 Å². The van der Waals surface area contributed by atoms with Gasteiger partial charge in [-0.2, -0.15) is 5.10 Å². The van der Waals surface area contributed by atoms with E-state index in [2.05, 4.69) is 78.0 Å². The Balaban J connectivity index is 0.00000364. The van der Waals surface area contributed by atoms with Crippen molar-refractivity contribution in [1.29, 1.82) is 0 Å². The van der Waals surface area contributed by atoms with E-state index in [1.165, 1.54) is 5.56 Å². The van der Waals surface area contributed by atoms with Crippen molar-refractivity contribution in [2.75, 3.05) is 20.1 Å². The van der Waals surface area contributed by atoms with Gasteiger partial charge in [0.1, 0.15) is 0 Å². The van der Waals surface area contributed by atoms with Gasteiger partial charge in [-0.1, -0.05) is 18.2 Å². The smallest absolute Gasteiger partial charge is 0.191 e. The van der Waals surface area contributed by atoms with Crippen LogP contribution in [0.25, 0.3) is 5.69 Å². The average Bonchev–Trinajstić information content (AvgIpc) is 2.92. The van der Waals surface area contributed by atoms with Crippen molar-refractivity contribution in [2.24, 2.45) is 4.99 Å². The first-order valence-corrected chi connectivity index (χ1v) is 9.11. The number of nitrogens with zero attached hydrogens (tertiary/aromatic N) is 3. The highest BCUT2D eigenvalue weighted by Gasteiger charge is 2.10. The van der Waals surface area contributed by atoms with Crippen LogP contribution in [-0.2, 0) is 6.54 Å². The third kappa shape index (κ3) is 7.50. The minimum absolute atomic E-state index is 0. The molecule has 0 bridgehead atoms. The van der Waals surface area contributed by atoms with Crippen LogP contribution >= 0.6 is 24.0 Å². The summed E-state index contributed by atoms with van der Waals surface area (Å²) in [4.78, 5) is 4.31. The number of aryl methyl sites for hydroxylation is 2. The minimum Gasteiger partial charge on any atom is -0.355 e. The van der Waals surface area contributed by atoms with Crippen molar-refractivity contribution in [3.63, 3.8) is 0 Å². The lowest BCUT2D eigenvalue weighted by Gasteiger charge is -2.21. The molecular formula is C20H33IN6. The van der Waals surface area contributed by atoms with E-state index in [1.807, 2.05) is 17.7 Å². The van der Waals surface area contributed by atoms with E-state index >= 15 is 0 Å². The number of para-hydroxylation sites is 1. The largest absolute Gasteiger partial charge is 0.355 e. The Kier molecular flexibility index (Phi) is 9.25. The van der Waals surface area contributed by atoms with Crippen LogP contribution in [-0.4, -0.2) is 41.4 Å². The highest BCUT2D eigenvalue weighted by atomic mass is 127. The molecule has 0 saturated heterocycles. The lowest BCUT2D eigenvalue weighted by atomic mass is 10.1. The second kappa shape index (κ2) is 10.7. The zero-order chi connectivity index (χ0) is 19.2. The predicted octanol–water partition coefficient (Wildman–Crippen LogP) is 3.16. The Morgan fingerprint density at radius 1 is 1.11 bits per heavy atom. The third-order valence-corrected chi connectivity index (χ3v) is 3.97. The first-order valence-electron chi connectivity index (χ1n) is 9.11. The monoisotopic (exact) mass is 484 g/mol.